The second-order valence-corrected chi connectivity index (χ2v) is 2.03. The Bertz CT molecular complexity index is 236. The van der Waals surface area contributed by atoms with Crippen LogP contribution < -0.4 is 28.0 Å². The van der Waals surface area contributed by atoms with Crippen molar-refractivity contribution >= 4 is 0 Å². The van der Waals surface area contributed by atoms with E-state index in [0.29, 0.717) is 0 Å². The van der Waals surface area contributed by atoms with Crippen LogP contribution in [0.2, 0.25) is 0 Å². The topological polar surface area (TPSA) is 234 Å². The fourth-order valence-electron chi connectivity index (χ4n) is 0. The van der Waals surface area contributed by atoms with Gasteiger partial charge in [0.25, 0.3) is 0 Å². The van der Waals surface area contributed by atoms with E-state index >= 15 is 0 Å². The number of hydrogen-bond donors (Lipinski definition) is 0. The first-order valence-electron chi connectivity index (χ1n) is 3.82. The molecule has 0 aromatic carbocycles. The van der Waals surface area contributed by atoms with Gasteiger partial charge in [0.15, 0.2) is 0 Å². The molecule has 0 aliphatic rings. The molecule has 0 amide bonds. The molecule has 10 nitrogen and oxygen atoms in total. The van der Waals surface area contributed by atoms with Gasteiger partial charge in [0.05, 0.1) is 45.8 Å². The van der Waals surface area contributed by atoms with Crippen molar-refractivity contribution in [3.8, 4) is 24.3 Å². The number of hydrogen-bond acceptors (Lipinski definition) is 10. The molecule has 0 atom stereocenters. The Kier molecular flexibility index (Phi) is 155. The fourth-order valence-corrected chi connectivity index (χ4v) is 0. The van der Waals surface area contributed by atoms with E-state index < -0.39 is 21.6 Å². The van der Waals surface area contributed by atoms with Gasteiger partial charge in [-0.1, -0.05) is 0 Å². The van der Waals surface area contributed by atoms with Gasteiger partial charge in [0, 0.05) is 27.7 Å². The zero-order chi connectivity index (χ0) is 18.0. The molecule has 13 heteroatoms. The Hall–Kier alpha value is -1.04. The third-order valence-electron chi connectivity index (χ3n) is 0. The van der Waals surface area contributed by atoms with Crippen molar-refractivity contribution in [3.05, 3.63) is 0 Å². The van der Waals surface area contributed by atoms with Gasteiger partial charge in [-0.2, -0.15) is 21.0 Å². The van der Waals surface area contributed by atoms with E-state index in [1.165, 1.54) is 27.7 Å². The predicted molar refractivity (Wildman–Crippen MR) is 45.1 cm³/mol. The van der Waals surface area contributed by atoms with Crippen LogP contribution in [0.25, 0.3) is 0 Å². The normalized spacial score (nSPS) is 4.95. The van der Waals surface area contributed by atoms with E-state index in [2.05, 4.69) is 0 Å². The van der Waals surface area contributed by atoms with Crippen LogP contribution in [-0.2, 0) is 20.4 Å². The van der Waals surface area contributed by atoms with Crippen molar-refractivity contribution in [2.75, 3.05) is 0 Å². The summed E-state index contributed by atoms with van der Waals surface area (Å²) in [5.41, 5.74) is 0. The Balaban J connectivity index is -0.0000000223. The maximum Gasteiger partial charge on any atom is 2.00 e. The molecular formula is C8H12Cl2N4O6Pd. The molecule has 0 aliphatic carbocycles. The van der Waals surface area contributed by atoms with Gasteiger partial charge in [-0.15, -0.1) is 0 Å². The first-order chi connectivity index (χ1) is 9.12. The summed E-state index contributed by atoms with van der Waals surface area (Å²) in [6, 6.07) is 7.00. The number of nitriles is 4. The third kappa shape index (κ3) is 5070. The van der Waals surface area contributed by atoms with Crippen LogP contribution in [0.15, 0.2) is 0 Å². The van der Waals surface area contributed by atoms with Crippen LogP contribution in [0.1, 0.15) is 27.7 Å². The summed E-state index contributed by atoms with van der Waals surface area (Å²) in [6.07, 6.45) is 0. The zero-order valence-electron chi connectivity index (χ0n) is 11.3. The fraction of sp³-hybridized carbons (Fsp3) is 0.500. The molecule has 0 aromatic rings. The van der Waals surface area contributed by atoms with Crippen molar-refractivity contribution < 1.29 is 69.9 Å². The molecule has 0 saturated carbocycles. The average molecular weight is 438 g/mol. The molecule has 124 valence electrons. The number of rotatable bonds is 0. The molecule has 0 fully saturated rings. The van der Waals surface area contributed by atoms with Crippen LogP contribution in [-0.4, -0.2) is 0 Å². The first-order valence-corrected chi connectivity index (χ1v) is 5.67. The Morgan fingerprint density at radius 2 is 0.524 bits per heavy atom. The summed E-state index contributed by atoms with van der Waals surface area (Å²) in [6.45, 7) is 5.72. The molecule has 0 bridgehead atoms. The first kappa shape index (κ1) is 42.7. The van der Waals surface area contributed by atoms with Crippen LogP contribution in [0.4, 0.5) is 0 Å². The molecule has 0 aliphatic heterocycles. The molecule has 0 saturated heterocycles. The summed E-state index contributed by atoms with van der Waals surface area (Å²) in [4.78, 5) is 0. The average Bonchev–Trinajstić information content (AvgIpc) is 2.18. The molecule has 0 rings (SSSR count). The minimum absolute atomic E-state index is 0. The molecule has 0 N–H and O–H groups in total. The van der Waals surface area contributed by atoms with Crippen molar-refractivity contribution in [1.82, 2.24) is 0 Å². The molecule has 21 heavy (non-hydrogen) atoms. The Labute approximate surface area is 143 Å². The summed E-state index contributed by atoms with van der Waals surface area (Å²) in [7, 11) is -5.70. The second-order valence-electron chi connectivity index (χ2n) is 1.27. The van der Waals surface area contributed by atoms with E-state index in [1.807, 2.05) is 0 Å². The van der Waals surface area contributed by atoms with Crippen LogP contribution in [0, 0.1) is 66.9 Å². The van der Waals surface area contributed by atoms with Crippen LogP contribution in [0.5, 0.6) is 0 Å². The Morgan fingerprint density at radius 1 is 0.524 bits per heavy atom. The van der Waals surface area contributed by atoms with Crippen LogP contribution >= 0.6 is 0 Å². The van der Waals surface area contributed by atoms with E-state index in [9.17, 15) is 0 Å². The molecule has 0 radical (unpaired) electrons. The maximum atomic E-state index is 8.41. The second kappa shape index (κ2) is 76.2. The summed E-state index contributed by atoms with van der Waals surface area (Å²) in [5.74, 6) is 0. The van der Waals surface area contributed by atoms with Gasteiger partial charge in [0.1, 0.15) is 0 Å². The van der Waals surface area contributed by atoms with Gasteiger partial charge in [-0.3, -0.25) is 0 Å². The van der Waals surface area contributed by atoms with E-state index in [1.54, 1.807) is 24.3 Å². The summed E-state index contributed by atoms with van der Waals surface area (Å²) < 4.78 is 50.4. The van der Waals surface area contributed by atoms with Gasteiger partial charge in [0.2, 0.25) is 0 Å². The maximum absolute atomic E-state index is 8.41. The molecule has 0 heterocycles. The smallest absolute Gasteiger partial charge is 0.357 e. The van der Waals surface area contributed by atoms with Crippen molar-refractivity contribution in [2.45, 2.75) is 27.7 Å². The number of nitrogens with zero attached hydrogens (tertiary/aromatic N) is 4. The summed E-state index contributed by atoms with van der Waals surface area (Å²) >= 11 is 0. The minimum Gasteiger partial charge on any atom is -0.357 e. The Morgan fingerprint density at radius 3 is 0.524 bits per heavy atom. The number of halogens is 2. The summed E-state index contributed by atoms with van der Waals surface area (Å²) in [5, 5.41) is 29.3. The molecule has 0 aromatic heterocycles. The quantitative estimate of drug-likeness (QED) is 0.327. The van der Waals surface area contributed by atoms with Gasteiger partial charge < -0.3 is 28.0 Å². The standard InChI is InChI=1S/4C2H3N.2ClO3.Pd/c4*1-2-3;2*2-1(3)4;/h4*1H3;;;/q;;;;2*-1;+2. The molecule has 0 spiro atoms. The minimum atomic E-state index is -2.85. The monoisotopic (exact) mass is 436 g/mol. The molecule has 0 unspecified atom stereocenters. The zero-order valence-corrected chi connectivity index (χ0v) is 14.4. The van der Waals surface area contributed by atoms with Crippen molar-refractivity contribution in [2.24, 2.45) is 0 Å². The molecular weight excluding hydrogens is 425 g/mol. The van der Waals surface area contributed by atoms with Crippen molar-refractivity contribution in [3.63, 3.8) is 0 Å². The van der Waals surface area contributed by atoms with Gasteiger partial charge in [-0.05, 0) is 0 Å². The van der Waals surface area contributed by atoms with Gasteiger partial charge in [-0.25, -0.2) is 0 Å². The predicted octanol–water partition coefficient (Wildman–Crippen LogP) is -5.02. The van der Waals surface area contributed by atoms with E-state index in [0.717, 1.165) is 0 Å². The third-order valence-corrected chi connectivity index (χ3v) is 0. The van der Waals surface area contributed by atoms with E-state index in [-0.39, 0.29) is 20.4 Å². The SMILES string of the molecule is CC#N.CC#N.CC#N.CC#N.[O-][Cl+2]([O-])[O-].[O-][Cl+2]([O-])[O-].[Pd+2]. The van der Waals surface area contributed by atoms with Crippen LogP contribution in [0.3, 0.4) is 0 Å². The van der Waals surface area contributed by atoms with E-state index in [4.69, 9.17) is 49.0 Å². The van der Waals surface area contributed by atoms with Gasteiger partial charge >= 0.3 is 20.4 Å². The van der Waals surface area contributed by atoms with Crippen molar-refractivity contribution in [1.29, 1.82) is 21.0 Å². The largest absolute Gasteiger partial charge is 2.00 e.